The first-order chi connectivity index (χ1) is 26.3. The largest absolute Gasteiger partial charge is 0.435 e. The number of hydrogen-bond donors (Lipinski definition) is 0. The highest BCUT2D eigenvalue weighted by Crippen LogP contribution is 2.47. The second-order valence-electron chi connectivity index (χ2n) is 13.3. The fraction of sp³-hybridized carbons (Fsp3) is 0. The van der Waals surface area contributed by atoms with Gasteiger partial charge in [-0.25, -0.2) is 4.98 Å². The van der Waals surface area contributed by atoms with E-state index >= 15 is 0 Å². The quantitative estimate of drug-likeness (QED) is 0.168. The number of benzene rings is 9. The number of oxazole rings is 1. The summed E-state index contributed by atoms with van der Waals surface area (Å²) in [6.45, 7) is 0. The first-order valence-electron chi connectivity index (χ1n) is 17.9. The number of hydrogen-bond acceptors (Lipinski definition) is 4. The molecule has 0 saturated carbocycles. The molecule has 250 valence electrons. The van der Waals surface area contributed by atoms with Crippen LogP contribution in [0, 0.1) is 0 Å². The Bertz CT molecular complexity index is 2900. The van der Waals surface area contributed by atoms with Gasteiger partial charge in [0, 0.05) is 34.0 Å². The first-order valence-corrected chi connectivity index (χ1v) is 17.9. The van der Waals surface area contributed by atoms with E-state index in [2.05, 4.69) is 180 Å². The van der Waals surface area contributed by atoms with Gasteiger partial charge in [-0.3, -0.25) is 0 Å². The molecule has 1 heterocycles. The van der Waals surface area contributed by atoms with E-state index in [1.54, 1.807) is 0 Å². The molecule has 0 amide bonds. The van der Waals surface area contributed by atoms with Crippen LogP contribution in [0.2, 0.25) is 0 Å². The molecule has 0 radical (unpaired) electrons. The summed E-state index contributed by atoms with van der Waals surface area (Å²) in [7, 11) is 0. The third-order valence-electron chi connectivity index (χ3n) is 9.97. The number of para-hydroxylation sites is 2. The van der Waals surface area contributed by atoms with Gasteiger partial charge in [0.15, 0.2) is 5.58 Å². The van der Waals surface area contributed by atoms with Gasteiger partial charge in [-0.1, -0.05) is 121 Å². The second-order valence-corrected chi connectivity index (χ2v) is 13.3. The summed E-state index contributed by atoms with van der Waals surface area (Å²) in [5, 5.41) is 6.79. The molecule has 10 rings (SSSR count). The van der Waals surface area contributed by atoms with Gasteiger partial charge in [0.25, 0.3) is 0 Å². The molecule has 10 aromatic rings. The summed E-state index contributed by atoms with van der Waals surface area (Å²) < 4.78 is 6.77. The van der Waals surface area contributed by atoms with Gasteiger partial charge in [0.2, 0.25) is 5.89 Å². The summed E-state index contributed by atoms with van der Waals surface area (Å²) in [5.74, 6) is 0.599. The van der Waals surface area contributed by atoms with Crippen molar-refractivity contribution in [2.75, 3.05) is 9.80 Å². The van der Waals surface area contributed by atoms with Gasteiger partial charge in [0.1, 0.15) is 5.52 Å². The third-order valence-corrected chi connectivity index (χ3v) is 9.97. The second kappa shape index (κ2) is 12.9. The zero-order valence-electron chi connectivity index (χ0n) is 28.8. The van der Waals surface area contributed by atoms with Crippen LogP contribution in [-0.2, 0) is 0 Å². The van der Waals surface area contributed by atoms with Crippen LogP contribution < -0.4 is 9.80 Å². The van der Waals surface area contributed by atoms with Crippen molar-refractivity contribution >= 4 is 77.5 Å². The predicted molar refractivity (Wildman–Crippen MR) is 221 cm³/mol. The summed E-state index contributed by atoms with van der Waals surface area (Å²) in [5.41, 5.74) is 8.74. The molecule has 0 atom stereocenters. The lowest BCUT2D eigenvalue weighted by Gasteiger charge is -2.31. The highest BCUT2D eigenvalue weighted by Gasteiger charge is 2.24. The summed E-state index contributed by atoms with van der Waals surface area (Å²) in [4.78, 5) is 9.71. The number of fused-ring (bicyclic) bond motifs is 5. The van der Waals surface area contributed by atoms with Crippen LogP contribution in [0.15, 0.2) is 205 Å². The topological polar surface area (TPSA) is 32.5 Å². The minimum atomic E-state index is 0.599. The van der Waals surface area contributed by atoms with Gasteiger partial charge in [-0.15, -0.1) is 0 Å². The summed E-state index contributed by atoms with van der Waals surface area (Å²) >= 11 is 0. The minimum Gasteiger partial charge on any atom is -0.435 e. The molecule has 0 fully saturated rings. The average molecular weight is 680 g/mol. The smallest absolute Gasteiger partial charge is 0.227 e. The predicted octanol–water partition coefficient (Wildman–Crippen LogP) is 13.9. The molecule has 0 N–H and O–H groups in total. The molecular formula is C49H33N3O. The van der Waals surface area contributed by atoms with Crippen LogP contribution in [0.25, 0.3) is 54.9 Å². The zero-order valence-corrected chi connectivity index (χ0v) is 28.8. The fourth-order valence-electron chi connectivity index (χ4n) is 7.47. The van der Waals surface area contributed by atoms with Crippen molar-refractivity contribution in [1.29, 1.82) is 0 Å². The summed E-state index contributed by atoms with van der Waals surface area (Å²) in [6.07, 6.45) is 0. The van der Waals surface area contributed by atoms with E-state index in [-0.39, 0.29) is 0 Å². The van der Waals surface area contributed by atoms with Gasteiger partial charge >= 0.3 is 0 Å². The van der Waals surface area contributed by atoms with Crippen LogP contribution in [0.5, 0.6) is 0 Å². The van der Waals surface area contributed by atoms with Gasteiger partial charge in [-0.2, -0.15) is 0 Å². The highest BCUT2D eigenvalue weighted by molar-refractivity contribution is 6.14. The average Bonchev–Trinajstić information content (AvgIpc) is 3.67. The van der Waals surface area contributed by atoms with Gasteiger partial charge in [-0.05, 0) is 106 Å². The monoisotopic (exact) mass is 679 g/mol. The number of anilines is 6. The molecule has 9 aromatic carbocycles. The zero-order chi connectivity index (χ0) is 35.1. The van der Waals surface area contributed by atoms with Crippen molar-refractivity contribution in [2.24, 2.45) is 0 Å². The first kappa shape index (κ1) is 30.6. The maximum Gasteiger partial charge on any atom is 0.227 e. The summed E-state index contributed by atoms with van der Waals surface area (Å²) in [6, 6.07) is 70.6. The van der Waals surface area contributed by atoms with Crippen LogP contribution in [0.4, 0.5) is 34.1 Å². The van der Waals surface area contributed by atoms with Crippen molar-refractivity contribution in [3.8, 4) is 11.5 Å². The highest BCUT2D eigenvalue weighted by atomic mass is 16.3. The van der Waals surface area contributed by atoms with Crippen LogP contribution >= 0.6 is 0 Å². The van der Waals surface area contributed by atoms with Crippen molar-refractivity contribution in [3.63, 3.8) is 0 Å². The molecule has 0 saturated heterocycles. The SMILES string of the molecule is c1ccc(-c2nc3ccc4cc(N(c5ccccc5)c5ccc6ccccc6c5)cc(N(c5ccccc5)c5ccc6ccccc6c5)c4c3o2)cc1. The molecular weight excluding hydrogens is 647 g/mol. The maximum absolute atomic E-state index is 6.77. The molecule has 0 bridgehead atoms. The molecule has 0 spiro atoms. The Labute approximate surface area is 307 Å². The Morgan fingerprint density at radius 1 is 0.358 bits per heavy atom. The minimum absolute atomic E-state index is 0.599. The van der Waals surface area contributed by atoms with Crippen molar-refractivity contribution < 1.29 is 4.42 Å². The van der Waals surface area contributed by atoms with E-state index in [0.717, 1.165) is 61.6 Å². The molecule has 0 aliphatic carbocycles. The van der Waals surface area contributed by atoms with Gasteiger partial charge in [0.05, 0.1) is 11.1 Å². The maximum atomic E-state index is 6.77. The van der Waals surface area contributed by atoms with E-state index < -0.39 is 0 Å². The van der Waals surface area contributed by atoms with E-state index in [1.165, 1.54) is 21.5 Å². The Balaban J connectivity index is 1.29. The van der Waals surface area contributed by atoms with E-state index in [0.29, 0.717) is 5.89 Å². The standard InChI is InChI=1S/C49H33N3O/c1-4-16-36(17-5-1)49-50-45-29-26-39-32-44(51(40-20-6-2-7-21-40)42-27-24-34-14-10-12-18-37(34)30-42)33-46(47(39)48(45)53-49)52(41-22-8-3-9-23-41)43-28-25-35-15-11-13-19-38(35)31-43/h1-33H. The van der Waals surface area contributed by atoms with Crippen molar-refractivity contribution in [2.45, 2.75) is 0 Å². The van der Waals surface area contributed by atoms with Crippen LogP contribution in [-0.4, -0.2) is 4.98 Å². The lowest BCUT2D eigenvalue weighted by molar-refractivity contribution is 0.623. The lowest BCUT2D eigenvalue weighted by atomic mass is 10.0. The lowest BCUT2D eigenvalue weighted by Crippen LogP contribution is -2.14. The molecule has 0 aliphatic rings. The van der Waals surface area contributed by atoms with Crippen LogP contribution in [0.1, 0.15) is 0 Å². The Kier molecular flexibility index (Phi) is 7.43. The van der Waals surface area contributed by atoms with E-state index in [4.69, 9.17) is 9.40 Å². The van der Waals surface area contributed by atoms with E-state index in [1.807, 2.05) is 30.3 Å². The molecule has 0 aliphatic heterocycles. The van der Waals surface area contributed by atoms with Crippen LogP contribution in [0.3, 0.4) is 0 Å². The number of aromatic nitrogens is 1. The number of nitrogens with zero attached hydrogens (tertiary/aromatic N) is 3. The van der Waals surface area contributed by atoms with Crippen molar-refractivity contribution in [3.05, 3.63) is 200 Å². The fourth-order valence-corrected chi connectivity index (χ4v) is 7.47. The normalized spacial score (nSPS) is 11.4. The van der Waals surface area contributed by atoms with Gasteiger partial charge < -0.3 is 14.2 Å². The number of rotatable bonds is 7. The Morgan fingerprint density at radius 2 is 0.849 bits per heavy atom. The van der Waals surface area contributed by atoms with Crippen molar-refractivity contribution in [1.82, 2.24) is 4.98 Å². The molecule has 4 nitrogen and oxygen atoms in total. The Morgan fingerprint density at radius 3 is 1.47 bits per heavy atom. The van der Waals surface area contributed by atoms with E-state index in [9.17, 15) is 0 Å². The molecule has 53 heavy (non-hydrogen) atoms. The molecule has 0 unspecified atom stereocenters. The molecule has 1 aromatic heterocycles. The molecule has 4 heteroatoms. The Hall–Kier alpha value is -7.17. The third kappa shape index (κ3) is 5.54.